The third kappa shape index (κ3) is 3.47. The van der Waals surface area contributed by atoms with Crippen LogP contribution in [0.2, 0.25) is 0 Å². The van der Waals surface area contributed by atoms with Gasteiger partial charge in [-0.2, -0.15) is 0 Å². The molecule has 1 aliphatic heterocycles. The summed E-state index contributed by atoms with van der Waals surface area (Å²) in [4.78, 5) is 0. The molecule has 2 aromatic rings. The van der Waals surface area contributed by atoms with Crippen molar-refractivity contribution in [3.63, 3.8) is 0 Å². The highest BCUT2D eigenvalue weighted by molar-refractivity contribution is 5.80. The Bertz CT molecular complexity index is 584. The zero-order valence-electron chi connectivity index (χ0n) is 12.9. The van der Waals surface area contributed by atoms with Crippen LogP contribution < -0.4 is 5.73 Å². The van der Waals surface area contributed by atoms with E-state index in [1.54, 1.807) is 0 Å². The number of hydrogen-bond donors (Lipinski definition) is 1. The molecule has 21 heavy (non-hydrogen) atoms. The van der Waals surface area contributed by atoms with Gasteiger partial charge in [-0.15, -0.1) is 0 Å². The summed E-state index contributed by atoms with van der Waals surface area (Å²) in [6.07, 6.45) is 6.58. The Hall–Kier alpha value is -1.32. The van der Waals surface area contributed by atoms with Crippen LogP contribution in [0.1, 0.15) is 31.7 Å². The summed E-state index contributed by atoms with van der Waals surface area (Å²) >= 11 is 0. The van der Waals surface area contributed by atoms with E-state index in [0.717, 1.165) is 38.5 Å². The first-order valence-electron chi connectivity index (χ1n) is 8.17. The average molecular weight is 286 g/mol. The molecule has 1 atom stereocenters. The lowest BCUT2D eigenvalue weighted by Gasteiger charge is -2.23. The normalized spacial score (nSPS) is 18.2. The molecule has 2 heterocycles. The first-order chi connectivity index (χ1) is 10.3. The van der Waals surface area contributed by atoms with Gasteiger partial charge in [-0.1, -0.05) is 19.1 Å². The highest BCUT2D eigenvalue weighted by atomic mass is 16.5. The molecule has 1 unspecified atom stereocenters. The fourth-order valence-electron chi connectivity index (χ4n) is 3.17. The van der Waals surface area contributed by atoms with Gasteiger partial charge in [-0.25, -0.2) is 0 Å². The predicted octanol–water partition coefficient (Wildman–Crippen LogP) is 3.35. The van der Waals surface area contributed by atoms with E-state index in [1.165, 1.54) is 29.3 Å². The lowest BCUT2D eigenvalue weighted by Crippen LogP contribution is -2.21. The van der Waals surface area contributed by atoms with Crippen LogP contribution >= 0.6 is 0 Å². The number of rotatable bonds is 5. The molecule has 3 nitrogen and oxygen atoms in total. The number of nitrogens with zero attached hydrogens (tertiary/aromatic N) is 1. The molecule has 1 fully saturated rings. The Kier molecular flexibility index (Phi) is 4.61. The van der Waals surface area contributed by atoms with E-state index < -0.39 is 0 Å². The van der Waals surface area contributed by atoms with E-state index in [2.05, 4.69) is 42.0 Å². The lowest BCUT2D eigenvalue weighted by molar-refractivity contribution is 0.0616. The SMILES string of the molecule is CCC(N)Cc1ccc2ccn(CC3CCOCC3)c2c1. The van der Waals surface area contributed by atoms with Crippen molar-refractivity contribution in [2.24, 2.45) is 11.7 Å². The largest absolute Gasteiger partial charge is 0.381 e. The summed E-state index contributed by atoms with van der Waals surface area (Å²) < 4.78 is 7.87. The van der Waals surface area contributed by atoms with Crippen molar-refractivity contribution in [1.82, 2.24) is 4.57 Å². The van der Waals surface area contributed by atoms with Gasteiger partial charge in [0.25, 0.3) is 0 Å². The average Bonchev–Trinajstić information content (AvgIpc) is 2.91. The fraction of sp³-hybridized carbons (Fsp3) is 0.556. The highest BCUT2D eigenvalue weighted by Crippen LogP contribution is 2.23. The maximum atomic E-state index is 6.09. The van der Waals surface area contributed by atoms with Gasteiger partial charge in [0, 0.05) is 37.5 Å². The molecule has 1 aromatic heterocycles. The molecule has 114 valence electrons. The van der Waals surface area contributed by atoms with Crippen molar-refractivity contribution in [2.45, 2.75) is 45.2 Å². The maximum Gasteiger partial charge on any atom is 0.0483 e. The summed E-state index contributed by atoms with van der Waals surface area (Å²) in [6.45, 7) is 5.09. The second kappa shape index (κ2) is 6.63. The monoisotopic (exact) mass is 286 g/mol. The first-order valence-corrected chi connectivity index (χ1v) is 8.17. The van der Waals surface area contributed by atoms with Crippen molar-refractivity contribution < 1.29 is 4.74 Å². The van der Waals surface area contributed by atoms with Crippen LogP contribution in [0.4, 0.5) is 0 Å². The standard InChI is InChI=1S/C18H26N2O/c1-2-17(19)11-15-3-4-16-5-8-20(18(16)12-15)13-14-6-9-21-10-7-14/h3-5,8,12,14,17H,2,6-7,9-11,13,19H2,1H3. The van der Waals surface area contributed by atoms with Gasteiger partial charge >= 0.3 is 0 Å². The molecule has 1 aliphatic rings. The van der Waals surface area contributed by atoms with E-state index in [-0.39, 0.29) is 6.04 Å². The zero-order valence-corrected chi connectivity index (χ0v) is 12.9. The number of nitrogens with two attached hydrogens (primary N) is 1. The number of hydrogen-bond acceptors (Lipinski definition) is 2. The highest BCUT2D eigenvalue weighted by Gasteiger charge is 2.15. The van der Waals surface area contributed by atoms with Gasteiger partial charge in [0.05, 0.1) is 0 Å². The number of benzene rings is 1. The molecule has 2 N–H and O–H groups in total. The summed E-state index contributed by atoms with van der Waals surface area (Å²) in [5, 5.41) is 1.33. The van der Waals surface area contributed by atoms with Crippen LogP contribution in [0.15, 0.2) is 30.5 Å². The zero-order chi connectivity index (χ0) is 14.7. The van der Waals surface area contributed by atoms with Gasteiger partial charge in [-0.05, 0) is 54.7 Å². The number of aromatic nitrogens is 1. The molecule has 1 aromatic carbocycles. The molecule has 0 amide bonds. The van der Waals surface area contributed by atoms with Crippen LogP contribution in [0.25, 0.3) is 10.9 Å². The minimum atomic E-state index is 0.265. The van der Waals surface area contributed by atoms with Crippen LogP contribution in [0.3, 0.4) is 0 Å². The van der Waals surface area contributed by atoms with Crippen LogP contribution in [0.5, 0.6) is 0 Å². The Morgan fingerprint density at radius 3 is 2.86 bits per heavy atom. The van der Waals surface area contributed by atoms with E-state index in [4.69, 9.17) is 10.5 Å². The summed E-state index contributed by atoms with van der Waals surface area (Å²) in [5.74, 6) is 0.746. The number of fused-ring (bicyclic) bond motifs is 1. The molecule has 1 saturated heterocycles. The van der Waals surface area contributed by atoms with E-state index in [0.29, 0.717) is 0 Å². The summed E-state index contributed by atoms with van der Waals surface area (Å²) in [6, 6.07) is 9.26. The van der Waals surface area contributed by atoms with Gasteiger partial charge in [-0.3, -0.25) is 0 Å². The van der Waals surface area contributed by atoms with Crippen molar-refractivity contribution >= 4 is 10.9 Å². The molecule has 0 spiro atoms. The van der Waals surface area contributed by atoms with E-state index in [9.17, 15) is 0 Å². The van der Waals surface area contributed by atoms with E-state index >= 15 is 0 Å². The quantitative estimate of drug-likeness (QED) is 0.915. The van der Waals surface area contributed by atoms with Crippen LogP contribution in [-0.4, -0.2) is 23.8 Å². The van der Waals surface area contributed by atoms with Crippen LogP contribution in [0, 0.1) is 5.92 Å². The van der Waals surface area contributed by atoms with Crippen LogP contribution in [-0.2, 0) is 17.7 Å². The minimum absolute atomic E-state index is 0.265. The Balaban J connectivity index is 1.79. The molecule has 3 heteroatoms. The molecular formula is C18H26N2O. The molecular weight excluding hydrogens is 260 g/mol. The van der Waals surface area contributed by atoms with Crippen molar-refractivity contribution in [1.29, 1.82) is 0 Å². The van der Waals surface area contributed by atoms with Gasteiger partial charge in [0.1, 0.15) is 0 Å². The Labute approximate surface area is 127 Å². The third-order valence-corrected chi connectivity index (χ3v) is 4.66. The van der Waals surface area contributed by atoms with Crippen molar-refractivity contribution in [3.8, 4) is 0 Å². The van der Waals surface area contributed by atoms with Crippen molar-refractivity contribution in [3.05, 3.63) is 36.0 Å². The van der Waals surface area contributed by atoms with Gasteiger partial charge < -0.3 is 15.0 Å². The minimum Gasteiger partial charge on any atom is -0.381 e. The molecule has 3 rings (SSSR count). The van der Waals surface area contributed by atoms with Crippen molar-refractivity contribution in [2.75, 3.05) is 13.2 Å². The topological polar surface area (TPSA) is 40.2 Å². The molecule has 0 bridgehead atoms. The Morgan fingerprint density at radius 2 is 2.10 bits per heavy atom. The fourth-order valence-corrected chi connectivity index (χ4v) is 3.17. The Morgan fingerprint density at radius 1 is 1.29 bits per heavy atom. The lowest BCUT2D eigenvalue weighted by atomic mass is 10.00. The van der Waals surface area contributed by atoms with Gasteiger partial charge in [0.2, 0.25) is 0 Å². The smallest absolute Gasteiger partial charge is 0.0483 e. The molecule has 0 radical (unpaired) electrons. The van der Waals surface area contributed by atoms with E-state index in [1.807, 2.05) is 0 Å². The number of ether oxygens (including phenoxy) is 1. The third-order valence-electron chi connectivity index (χ3n) is 4.66. The maximum absolute atomic E-state index is 6.09. The molecule has 0 aliphatic carbocycles. The second-order valence-corrected chi connectivity index (χ2v) is 6.29. The summed E-state index contributed by atoms with van der Waals surface area (Å²) in [7, 11) is 0. The molecule has 0 saturated carbocycles. The predicted molar refractivity (Wildman–Crippen MR) is 87.5 cm³/mol. The van der Waals surface area contributed by atoms with Gasteiger partial charge in [0.15, 0.2) is 0 Å². The summed E-state index contributed by atoms with van der Waals surface area (Å²) in [5.41, 5.74) is 8.79. The second-order valence-electron chi connectivity index (χ2n) is 6.29. The first kappa shape index (κ1) is 14.6.